The van der Waals surface area contributed by atoms with Gasteiger partial charge in [0.2, 0.25) is 5.75 Å². The van der Waals surface area contributed by atoms with Crippen molar-refractivity contribution in [2.24, 2.45) is 0 Å². The molecule has 0 amide bonds. The van der Waals surface area contributed by atoms with Gasteiger partial charge in [-0.1, -0.05) is 0 Å². The minimum Gasteiger partial charge on any atom is -0.493 e. The minimum absolute atomic E-state index is 0.564. The van der Waals surface area contributed by atoms with E-state index in [2.05, 4.69) is 15.7 Å². The number of nitrogens with one attached hydrogen (secondary N) is 1. The summed E-state index contributed by atoms with van der Waals surface area (Å²) in [6.45, 7) is 4.82. The second-order valence-corrected chi connectivity index (χ2v) is 6.17. The Bertz CT molecular complexity index is 625. The van der Waals surface area contributed by atoms with Gasteiger partial charge in [0.05, 0.1) is 17.8 Å². The molecule has 118 valence electrons. The van der Waals surface area contributed by atoms with Gasteiger partial charge in [0.15, 0.2) is 11.5 Å². The van der Waals surface area contributed by atoms with Crippen LogP contribution < -0.4 is 19.5 Å². The molecule has 5 nitrogen and oxygen atoms in total. The Morgan fingerprint density at radius 1 is 1.32 bits per heavy atom. The van der Waals surface area contributed by atoms with Crippen molar-refractivity contribution >= 4 is 11.3 Å². The van der Waals surface area contributed by atoms with E-state index in [-0.39, 0.29) is 0 Å². The molecule has 1 aliphatic heterocycles. The first-order chi connectivity index (χ1) is 10.8. The van der Waals surface area contributed by atoms with Gasteiger partial charge in [0.25, 0.3) is 0 Å². The molecule has 0 bridgehead atoms. The normalized spacial score (nSPS) is 13.2. The fourth-order valence-corrected chi connectivity index (χ4v) is 3.05. The third-order valence-corrected chi connectivity index (χ3v) is 4.26. The van der Waals surface area contributed by atoms with Gasteiger partial charge in [0, 0.05) is 24.9 Å². The number of thiazole rings is 1. The van der Waals surface area contributed by atoms with Gasteiger partial charge in [-0.2, -0.15) is 0 Å². The zero-order valence-electron chi connectivity index (χ0n) is 12.8. The lowest BCUT2D eigenvalue weighted by Crippen LogP contribution is -2.19. The Labute approximate surface area is 134 Å². The maximum absolute atomic E-state index is 5.64. The largest absolute Gasteiger partial charge is 0.493 e. The van der Waals surface area contributed by atoms with Crippen molar-refractivity contribution in [1.29, 1.82) is 0 Å². The molecule has 6 heteroatoms. The highest BCUT2D eigenvalue weighted by molar-refractivity contribution is 7.09. The van der Waals surface area contributed by atoms with Gasteiger partial charge >= 0.3 is 0 Å². The molecule has 0 radical (unpaired) electrons. The molecule has 22 heavy (non-hydrogen) atoms. The van der Waals surface area contributed by atoms with E-state index in [4.69, 9.17) is 14.2 Å². The van der Waals surface area contributed by atoms with Crippen molar-refractivity contribution in [1.82, 2.24) is 10.3 Å². The lowest BCUT2D eigenvalue weighted by Gasteiger charge is -2.21. The molecule has 2 heterocycles. The van der Waals surface area contributed by atoms with Crippen LogP contribution in [0, 0.1) is 6.92 Å². The van der Waals surface area contributed by atoms with Crippen LogP contribution in [-0.2, 0) is 13.0 Å². The predicted octanol–water partition coefficient (Wildman–Crippen LogP) is 2.56. The first-order valence-corrected chi connectivity index (χ1v) is 8.22. The van der Waals surface area contributed by atoms with E-state index in [0.29, 0.717) is 19.0 Å². The molecule has 2 aromatic rings. The molecule has 0 aliphatic carbocycles. The zero-order valence-corrected chi connectivity index (χ0v) is 13.7. The quantitative estimate of drug-likeness (QED) is 0.829. The van der Waals surface area contributed by atoms with Gasteiger partial charge in [-0.15, -0.1) is 11.3 Å². The molecule has 3 rings (SSSR count). The summed E-state index contributed by atoms with van der Waals surface area (Å²) in [7, 11) is 1.65. The highest BCUT2D eigenvalue weighted by Gasteiger charge is 2.18. The molecule has 0 saturated carbocycles. The van der Waals surface area contributed by atoms with Gasteiger partial charge in [-0.3, -0.25) is 0 Å². The fourth-order valence-electron chi connectivity index (χ4n) is 2.40. The fraction of sp³-hybridized carbons (Fsp3) is 0.438. The highest BCUT2D eigenvalue weighted by Crippen LogP contribution is 2.40. The summed E-state index contributed by atoms with van der Waals surface area (Å²) in [6, 6.07) is 4.00. The van der Waals surface area contributed by atoms with Crippen LogP contribution in [0.15, 0.2) is 17.5 Å². The molecule has 1 aromatic carbocycles. The monoisotopic (exact) mass is 320 g/mol. The molecule has 1 N–H and O–H groups in total. The number of nitrogens with zero attached hydrogens (tertiary/aromatic N) is 1. The third kappa shape index (κ3) is 3.51. The Hall–Kier alpha value is -1.79. The van der Waals surface area contributed by atoms with Crippen LogP contribution in [0.3, 0.4) is 0 Å². The third-order valence-electron chi connectivity index (χ3n) is 3.44. The summed E-state index contributed by atoms with van der Waals surface area (Å²) < 4.78 is 16.6. The van der Waals surface area contributed by atoms with Crippen LogP contribution in [0.1, 0.15) is 16.3 Å². The van der Waals surface area contributed by atoms with Gasteiger partial charge in [0.1, 0.15) is 13.2 Å². The molecule has 1 aliphatic rings. The first kappa shape index (κ1) is 15.1. The van der Waals surface area contributed by atoms with E-state index in [1.165, 1.54) is 0 Å². The number of aryl methyl sites for hydroxylation is 1. The second kappa shape index (κ2) is 6.98. The lowest BCUT2D eigenvalue weighted by molar-refractivity contribution is 0.165. The summed E-state index contributed by atoms with van der Waals surface area (Å²) in [4.78, 5) is 4.46. The van der Waals surface area contributed by atoms with Crippen molar-refractivity contribution in [3.63, 3.8) is 0 Å². The van der Waals surface area contributed by atoms with Crippen LogP contribution in [-0.4, -0.2) is 31.9 Å². The topological polar surface area (TPSA) is 52.6 Å². The number of benzene rings is 1. The Balaban J connectivity index is 1.58. The Morgan fingerprint density at radius 3 is 2.95 bits per heavy atom. The molecule has 0 unspecified atom stereocenters. The number of hydrogen-bond donors (Lipinski definition) is 1. The van der Waals surface area contributed by atoms with Gasteiger partial charge < -0.3 is 19.5 Å². The van der Waals surface area contributed by atoms with E-state index in [9.17, 15) is 0 Å². The van der Waals surface area contributed by atoms with Crippen LogP contribution in [0.5, 0.6) is 17.2 Å². The number of hydrogen-bond acceptors (Lipinski definition) is 6. The van der Waals surface area contributed by atoms with Crippen molar-refractivity contribution in [2.45, 2.75) is 19.9 Å². The average Bonchev–Trinajstić information content (AvgIpc) is 2.96. The first-order valence-electron chi connectivity index (χ1n) is 7.34. The number of ether oxygens (including phenoxy) is 3. The van der Waals surface area contributed by atoms with Gasteiger partial charge in [-0.05, 0) is 24.6 Å². The molecular formula is C16H20N2O3S. The number of aromatic nitrogens is 1. The van der Waals surface area contributed by atoms with E-state index in [1.807, 2.05) is 19.1 Å². The van der Waals surface area contributed by atoms with Crippen molar-refractivity contribution in [3.05, 3.63) is 33.8 Å². The van der Waals surface area contributed by atoms with Crippen LogP contribution in [0.2, 0.25) is 0 Å². The smallest absolute Gasteiger partial charge is 0.203 e. The second-order valence-electron chi connectivity index (χ2n) is 5.11. The van der Waals surface area contributed by atoms with E-state index in [0.717, 1.165) is 47.3 Å². The van der Waals surface area contributed by atoms with Crippen LogP contribution in [0.4, 0.5) is 0 Å². The summed E-state index contributed by atoms with van der Waals surface area (Å²) >= 11 is 1.69. The van der Waals surface area contributed by atoms with E-state index in [1.54, 1.807) is 18.4 Å². The molecule has 0 fully saturated rings. The van der Waals surface area contributed by atoms with Gasteiger partial charge in [-0.25, -0.2) is 4.98 Å². The number of fused-ring (bicyclic) bond motifs is 1. The highest BCUT2D eigenvalue weighted by atomic mass is 32.1. The molecular weight excluding hydrogens is 300 g/mol. The maximum Gasteiger partial charge on any atom is 0.203 e. The summed E-state index contributed by atoms with van der Waals surface area (Å²) in [5, 5.41) is 6.66. The SMILES string of the molecule is COc1cc(CNCCc2csc(C)n2)cc2c1OCCO2. The van der Waals surface area contributed by atoms with E-state index >= 15 is 0 Å². The number of methoxy groups -OCH3 is 1. The maximum atomic E-state index is 5.64. The van der Waals surface area contributed by atoms with Crippen LogP contribution in [0.25, 0.3) is 0 Å². The van der Waals surface area contributed by atoms with Crippen LogP contribution >= 0.6 is 11.3 Å². The summed E-state index contributed by atoms with van der Waals surface area (Å²) in [5.41, 5.74) is 2.27. The predicted molar refractivity (Wildman–Crippen MR) is 86.2 cm³/mol. The average molecular weight is 320 g/mol. The minimum atomic E-state index is 0.564. The Morgan fingerprint density at radius 2 is 2.18 bits per heavy atom. The molecule has 0 saturated heterocycles. The summed E-state index contributed by atoms with van der Waals surface area (Å²) in [5.74, 6) is 2.19. The molecule has 0 atom stereocenters. The molecule has 0 spiro atoms. The van der Waals surface area contributed by atoms with Crippen molar-refractivity contribution in [2.75, 3.05) is 26.9 Å². The number of rotatable bonds is 6. The molecule has 1 aromatic heterocycles. The summed E-state index contributed by atoms with van der Waals surface area (Å²) in [6.07, 6.45) is 0.937. The zero-order chi connectivity index (χ0) is 15.4. The Kier molecular flexibility index (Phi) is 4.80. The standard InChI is InChI=1S/C16H20N2O3S/c1-11-18-13(10-22-11)3-4-17-9-12-7-14(19-2)16-15(8-12)20-5-6-21-16/h7-8,10,17H,3-6,9H2,1-2H3. The van der Waals surface area contributed by atoms with E-state index < -0.39 is 0 Å². The lowest BCUT2D eigenvalue weighted by atomic mass is 10.1. The van der Waals surface area contributed by atoms with Crippen molar-refractivity contribution < 1.29 is 14.2 Å². The van der Waals surface area contributed by atoms with Crippen molar-refractivity contribution in [3.8, 4) is 17.2 Å².